The minimum absolute atomic E-state index is 0. The molecule has 6 heteroatoms. The first-order chi connectivity index (χ1) is 15.2. The van der Waals surface area contributed by atoms with Gasteiger partial charge in [0.15, 0.2) is 6.10 Å². The highest BCUT2D eigenvalue weighted by atomic mass is 35.5. The fourth-order valence-electron chi connectivity index (χ4n) is 2.93. The molecule has 0 aromatic carbocycles. The van der Waals surface area contributed by atoms with Gasteiger partial charge in [0.2, 0.25) is 0 Å². The number of carbonyl (C=O) groups is 2. The van der Waals surface area contributed by atoms with Crippen LogP contribution in [0.5, 0.6) is 0 Å². The van der Waals surface area contributed by atoms with Crippen LogP contribution < -0.4 is 12.4 Å². The molecule has 0 saturated heterocycles. The minimum Gasteiger partial charge on any atom is -1.00 e. The van der Waals surface area contributed by atoms with Gasteiger partial charge in [-0.2, -0.15) is 0 Å². The summed E-state index contributed by atoms with van der Waals surface area (Å²) in [5.41, 5.74) is 0. The highest BCUT2D eigenvalue weighted by molar-refractivity contribution is 5.71. The van der Waals surface area contributed by atoms with Gasteiger partial charge in [-0.15, -0.1) is 0 Å². The van der Waals surface area contributed by atoms with Crippen LogP contribution in [0.25, 0.3) is 0 Å². The Morgan fingerprint density at radius 3 is 1.70 bits per heavy atom. The quantitative estimate of drug-likeness (QED) is 0.141. The topological polar surface area (TPSA) is 63.6 Å². The molecule has 0 spiro atoms. The van der Waals surface area contributed by atoms with Crippen LogP contribution in [-0.2, 0) is 14.3 Å². The molecule has 0 aliphatic carbocycles. The molecule has 0 unspecified atom stereocenters. The van der Waals surface area contributed by atoms with Crippen molar-refractivity contribution >= 4 is 11.9 Å². The number of hydrogen-bond acceptors (Lipinski definition) is 3. The van der Waals surface area contributed by atoms with E-state index in [0.29, 0.717) is 23.9 Å². The first-order valence-electron chi connectivity index (χ1n) is 11.7. The van der Waals surface area contributed by atoms with Crippen LogP contribution in [0.3, 0.4) is 0 Å². The van der Waals surface area contributed by atoms with E-state index >= 15 is 0 Å². The van der Waals surface area contributed by atoms with Gasteiger partial charge in [-0.3, -0.25) is 9.59 Å². The van der Waals surface area contributed by atoms with Crippen molar-refractivity contribution in [3.63, 3.8) is 0 Å². The van der Waals surface area contributed by atoms with Crippen molar-refractivity contribution in [3.05, 3.63) is 60.8 Å². The third-order valence-electron chi connectivity index (χ3n) is 4.36. The highest BCUT2D eigenvalue weighted by Gasteiger charge is 2.24. The number of rotatable bonds is 18. The number of carbonyl (C=O) groups excluding carboxylic acids is 1. The summed E-state index contributed by atoms with van der Waals surface area (Å²) in [6.07, 6.45) is 27.5. The van der Waals surface area contributed by atoms with Gasteiger partial charge in [0, 0.05) is 6.42 Å². The fraction of sp³-hybridized carbons (Fsp3) is 0.556. The number of halogens is 1. The Balaban J connectivity index is 0. The van der Waals surface area contributed by atoms with Crippen molar-refractivity contribution in [2.24, 2.45) is 0 Å². The van der Waals surface area contributed by atoms with E-state index in [9.17, 15) is 9.59 Å². The van der Waals surface area contributed by atoms with Crippen LogP contribution in [0, 0.1) is 0 Å². The van der Waals surface area contributed by atoms with Crippen LogP contribution in [0.2, 0.25) is 0 Å². The van der Waals surface area contributed by atoms with E-state index in [1.807, 2.05) is 21.1 Å². The Morgan fingerprint density at radius 2 is 1.27 bits per heavy atom. The molecule has 188 valence electrons. The summed E-state index contributed by atoms with van der Waals surface area (Å²) in [5.74, 6) is -1.27. The number of nitrogens with zero attached hydrogens (tertiary/aromatic N) is 1. The van der Waals surface area contributed by atoms with Crippen LogP contribution in [0.15, 0.2) is 60.8 Å². The number of likely N-dealkylation sites (N-methyl/N-ethyl adjacent to an activating group) is 1. The van der Waals surface area contributed by atoms with E-state index < -0.39 is 12.1 Å². The second-order valence-electron chi connectivity index (χ2n) is 8.78. The summed E-state index contributed by atoms with van der Waals surface area (Å²) >= 11 is 0. The van der Waals surface area contributed by atoms with Gasteiger partial charge in [-0.1, -0.05) is 67.7 Å². The first kappa shape index (κ1) is 33.1. The third-order valence-corrected chi connectivity index (χ3v) is 4.36. The molecule has 5 nitrogen and oxygen atoms in total. The molecule has 0 radical (unpaired) electrons. The lowest BCUT2D eigenvalue weighted by atomic mass is 10.2. The SMILES string of the molecule is CC/C=C\C/C=C\C/C=C\C/C=C\C/C=C\CCCC(=O)O[C@H](CC(=O)O)C[N+](C)(C)C.[Cl-]. The summed E-state index contributed by atoms with van der Waals surface area (Å²) < 4.78 is 5.93. The van der Waals surface area contributed by atoms with Crippen molar-refractivity contribution in [1.29, 1.82) is 0 Å². The van der Waals surface area contributed by atoms with Gasteiger partial charge in [0.25, 0.3) is 0 Å². The standard InChI is InChI=1S/C27H43NO4.ClH/c1-5-6-7-8-9-10-11-12-13-14-15-16-17-18-19-20-21-22-27(31)32-25(23-26(29)30)24-28(2,3)4;/h6-7,9-10,12-13,15-16,18-19,25H,5,8,11,14,17,20-24H2,1-4H3;1H/b7-6-,10-9-,13-12-,16-15-,19-18-;/t25-;/m1./s1. The summed E-state index contributed by atoms with van der Waals surface area (Å²) in [7, 11) is 5.85. The normalized spacial score (nSPS) is 13.5. The van der Waals surface area contributed by atoms with Crippen LogP contribution >= 0.6 is 0 Å². The maximum Gasteiger partial charge on any atom is 0.307 e. The van der Waals surface area contributed by atoms with E-state index in [0.717, 1.165) is 38.5 Å². The second kappa shape index (κ2) is 21.7. The Morgan fingerprint density at radius 1 is 0.818 bits per heavy atom. The van der Waals surface area contributed by atoms with E-state index in [4.69, 9.17) is 9.84 Å². The van der Waals surface area contributed by atoms with Crippen LogP contribution in [0.1, 0.15) is 64.7 Å². The van der Waals surface area contributed by atoms with Crippen molar-refractivity contribution < 1.29 is 36.3 Å². The Labute approximate surface area is 207 Å². The average molecular weight is 482 g/mol. The van der Waals surface area contributed by atoms with Gasteiger partial charge < -0.3 is 26.7 Å². The van der Waals surface area contributed by atoms with Crippen molar-refractivity contribution in [1.82, 2.24) is 0 Å². The van der Waals surface area contributed by atoms with Crippen LogP contribution in [0.4, 0.5) is 0 Å². The molecular weight excluding hydrogens is 438 g/mol. The van der Waals surface area contributed by atoms with Gasteiger partial charge in [0.05, 0.1) is 27.6 Å². The smallest absolute Gasteiger partial charge is 0.307 e. The number of ether oxygens (including phenoxy) is 1. The van der Waals surface area contributed by atoms with Gasteiger partial charge in [-0.05, 0) is 44.9 Å². The Kier molecular flexibility index (Phi) is 21.8. The molecule has 0 saturated carbocycles. The first-order valence-corrected chi connectivity index (χ1v) is 11.7. The average Bonchev–Trinajstić information content (AvgIpc) is 2.68. The van der Waals surface area contributed by atoms with Crippen molar-refractivity contribution in [2.45, 2.75) is 70.8 Å². The summed E-state index contributed by atoms with van der Waals surface area (Å²) in [6.45, 7) is 2.62. The lowest BCUT2D eigenvalue weighted by Crippen LogP contribution is -3.00. The number of unbranched alkanes of at least 4 members (excludes halogenated alkanes) is 1. The third kappa shape index (κ3) is 26.0. The molecule has 1 atom stereocenters. The number of hydrogen-bond donors (Lipinski definition) is 1. The predicted octanol–water partition coefficient (Wildman–Crippen LogP) is 3.00. The fourth-order valence-corrected chi connectivity index (χ4v) is 2.93. The van der Waals surface area contributed by atoms with E-state index in [1.165, 1.54) is 0 Å². The number of carboxylic acid groups (broad SMARTS) is 1. The maximum absolute atomic E-state index is 12.0. The van der Waals surface area contributed by atoms with E-state index in [1.54, 1.807) is 0 Å². The molecule has 0 heterocycles. The molecule has 0 aromatic heterocycles. The summed E-state index contributed by atoms with van der Waals surface area (Å²) in [4.78, 5) is 23.0. The zero-order valence-corrected chi connectivity index (χ0v) is 21.7. The minimum atomic E-state index is -0.949. The largest absolute Gasteiger partial charge is 1.00 e. The zero-order valence-electron chi connectivity index (χ0n) is 20.9. The summed E-state index contributed by atoms with van der Waals surface area (Å²) in [5, 5.41) is 9.00. The monoisotopic (exact) mass is 481 g/mol. The maximum atomic E-state index is 12.0. The molecule has 0 aliphatic rings. The second-order valence-corrected chi connectivity index (χ2v) is 8.78. The predicted molar refractivity (Wildman–Crippen MR) is 133 cm³/mol. The van der Waals surface area contributed by atoms with E-state index in [2.05, 4.69) is 67.7 Å². The van der Waals surface area contributed by atoms with Crippen LogP contribution in [-0.4, -0.2) is 55.3 Å². The number of esters is 1. The number of aliphatic carboxylic acids is 1. The Hall–Kier alpha value is -2.11. The molecule has 0 fully saturated rings. The highest BCUT2D eigenvalue weighted by Crippen LogP contribution is 2.08. The lowest BCUT2D eigenvalue weighted by molar-refractivity contribution is -0.873. The van der Waals surface area contributed by atoms with Crippen molar-refractivity contribution in [3.8, 4) is 0 Å². The molecule has 0 aliphatic heterocycles. The molecule has 0 bridgehead atoms. The molecule has 0 amide bonds. The number of allylic oxidation sites excluding steroid dienone is 10. The van der Waals surface area contributed by atoms with Gasteiger partial charge in [-0.25, -0.2) is 0 Å². The molecule has 33 heavy (non-hydrogen) atoms. The van der Waals surface area contributed by atoms with Gasteiger partial charge in [0.1, 0.15) is 6.54 Å². The molecule has 0 aromatic rings. The number of carboxylic acids is 1. The van der Waals surface area contributed by atoms with E-state index in [-0.39, 0.29) is 24.8 Å². The van der Waals surface area contributed by atoms with Gasteiger partial charge >= 0.3 is 11.9 Å². The lowest BCUT2D eigenvalue weighted by Gasteiger charge is -2.28. The Bertz CT molecular complexity index is 658. The molecule has 1 N–H and O–H groups in total. The molecule has 0 rings (SSSR count). The molecular formula is C27H44ClNO4. The number of quaternary nitrogens is 1. The zero-order chi connectivity index (χ0) is 24.1. The summed E-state index contributed by atoms with van der Waals surface area (Å²) in [6, 6.07) is 0. The van der Waals surface area contributed by atoms with Crippen molar-refractivity contribution in [2.75, 3.05) is 27.7 Å².